The lowest BCUT2D eigenvalue weighted by atomic mass is 9.83. The van der Waals surface area contributed by atoms with Crippen LogP contribution in [0.15, 0.2) is 139 Å². The second kappa shape index (κ2) is 21.2. The highest BCUT2D eigenvalue weighted by molar-refractivity contribution is 9.10. The fourth-order valence-electron chi connectivity index (χ4n) is 7.80. The highest BCUT2D eigenvalue weighted by atomic mass is 79.9. The fourth-order valence-corrected chi connectivity index (χ4v) is 8.50. The number of rotatable bonds is 2. The number of nitrogens with one attached hydrogen (secondary N) is 1. The number of nitrogens with zero attached hydrogens (tertiary/aromatic N) is 4. The summed E-state index contributed by atoms with van der Waals surface area (Å²) in [6.45, 7) is 0. The summed E-state index contributed by atoms with van der Waals surface area (Å²) in [7, 11) is 0. The van der Waals surface area contributed by atoms with Crippen LogP contribution in [-0.2, 0) is 0 Å². The standard InChI is InChI=1S/C21H17FN2O.C14H14BrNO.C8H5BrN2O.C8H5F/c22-17-10-7-15(8-11-17)5-6-16-9-12-19-20(13-16)23-14-24(21(19)25)18-3-1-2-4-18;15-10-5-6-11-13(7-10)16-8-12(14(11)17)9-3-1-2-4-9;9-5-1-2-6-7(3-5)10-4-11-8(6)12;1-2-7-3-5-8(9)6-4-7/h7-14,18H,1-4H2;5-9,12H,1-4H2;1-4H,(H,10,11,12);1,3-6H. The van der Waals surface area contributed by atoms with Crippen molar-refractivity contribution in [3.8, 4) is 24.2 Å². The van der Waals surface area contributed by atoms with E-state index >= 15 is 0 Å². The van der Waals surface area contributed by atoms with Gasteiger partial charge < -0.3 is 4.98 Å². The molecule has 0 spiro atoms. The third-order valence-corrected chi connectivity index (χ3v) is 12.1. The minimum absolute atomic E-state index is 0.0196. The summed E-state index contributed by atoms with van der Waals surface area (Å²) in [4.78, 5) is 51.7. The molecule has 2 aliphatic carbocycles. The van der Waals surface area contributed by atoms with Crippen LogP contribution in [0.2, 0.25) is 0 Å². The Morgan fingerprint density at radius 2 is 1.25 bits per heavy atom. The first kappa shape index (κ1) is 44.7. The average molecular weight is 970 g/mol. The van der Waals surface area contributed by atoms with Crippen LogP contribution in [0.5, 0.6) is 0 Å². The molecule has 2 fully saturated rings. The highest BCUT2D eigenvalue weighted by Crippen LogP contribution is 2.37. The van der Waals surface area contributed by atoms with Gasteiger partial charge in [-0.15, -0.1) is 6.42 Å². The summed E-state index contributed by atoms with van der Waals surface area (Å²) in [6, 6.07) is 28.7. The van der Waals surface area contributed by atoms with Gasteiger partial charge in [0.15, 0.2) is 5.78 Å². The van der Waals surface area contributed by atoms with Gasteiger partial charge in [-0.2, -0.15) is 0 Å². The molecule has 3 aliphatic rings. The Bertz CT molecular complexity index is 3010. The van der Waals surface area contributed by atoms with Gasteiger partial charge in [0, 0.05) is 43.5 Å². The van der Waals surface area contributed by atoms with Crippen molar-refractivity contribution in [2.24, 2.45) is 16.8 Å². The maximum absolute atomic E-state index is 12.9. The molecule has 5 aromatic carbocycles. The van der Waals surface area contributed by atoms with E-state index in [1.165, 1.54) is 69.1 Å². The summed E-state index contributed by atoms with van der Waals surface area (Å²) >= 11 is 6.71. The molecule has 1 atom stereocenters. The molecule has 1 aliphatic heterocycles. The molecule has 1 N–H and O–H groups in total. The summed E-state index contributed by atoms with van der Waals surface area (Å²) in [5.74, 6) is 8.68. The molecule has 0 bridgehead atoms. The molecule has 10 rings (SSSR count). The topological polar surface area (TPSA) is 110 Å². The Morgan fingerprint density at radius 3 is 1.95 bits per heavy atom. The number of benzene rings is 5. The Morgan fingerprint density at radius 1 is 0.667 bits per heavy atom. The van der Waals surface area contributed by atoms with Crippen LogP contribution in [-0.4, -0.2) is 31.5 Å². The van der Waals surface area contributed by atoms with E-state index in [1.54, 1.807) is 47.3 Å². The normalized spacial score (nSPS) is 15.4. The first-order valence-corrected chi connectivity index (χ1v) is 22.2. The fraction of sp³-hybridized carbons (Fsp3) is 0.216. The number of aliphatic imine (C=N–C) groups is 1. The second-order valence-corrected chi connectivity index (χ2v) is 17.1. The summed E-state index contributed by atoms with van der Waals surface area (Å²) < 4.78 is 28.7. The molecule has 0 radical (unpaired) electrons. The molecule has 3 heterocycles. The van der Waals surface area contributed by atoms with E-state index in [-0.39, 0.29) is 40.5 Å². The minimum Gasteiger partial charge on any atom is -0.313 e. The number of hydrogen-bond donors (Lipinski definition) is 1. The van der Waals surface area contributed by atoms with E-state index in [0.29, 0.717) is 33.3 Å². The molecular formula is C51H41Br2F2N5O3. The molecule has 0 saturated heterocycles. The van der Waals surface area contributed by atoms with Crippen molar-refractivity contribution in [3.05, 3.63) is 179 Å². The molecule has 63 heavy (non-hydrogen) atoms. The number of halogens is 4. The Kier molecular flexibility index (Phi) is 15.0. The van der Waals surface area contributed by atoms with Crippen LogP contribution in [0.25, 0.3) is 21.8 Å². The molecule has 2 aromatic heterocycles. The minimum atomic E-state index is -0.279. The zero-order valence-electron chi connectivity index (χ0n) is 34.0. The SMILES string of the molecule is C#Cc1ccc(F)cc1.O=C1c2ccc(Br)cc2N=CC1C1CCCC1.O=c1[nH]cnc2cc(Br)ccc12.O=c1c2ccc(C#Cc3ccc(F)cc3)cc2ncn1C1CCCC1. The van der Waals surface area contributed by atoms with E-state index in [4.69, 9.17) is 6.42 Å². The van der Waals surface area contributed by atoms with Crippen LogP contribution >= 0.6 is 31.9 Å². The zero-order valence-corrected chi connectivity index (χ0v) is 37.2. The maximum atomic E-state index is 12.9. The van der Waals surface area contributed by atoms with Crippen molar-refractivity contribution in [2.75, 3.05) is 0 Å². The molecule has 0 amide bonds. The molecule has 316 valence electrons. The van der Waals surface area contributed by atoms with Crippen molar-refractivity contribution < 1.29 is 13.6 Å². The number of aromatic nitrogens is 4. The Hall–Kier alpha value is -6.34. The first-order chi connectivity index (χ1) is 30.6. The van der Waals surface area contributed by atoms with Crippen LogP contribution in [0, 0.1) is 47.7 Å². The van der Waals surface area contributed by atoms with Gasteiger partial charge in [-0.3, -0.25) is 23.9 Å². The van der Waals surface area contributed by atoms with Crippen LogP contribution in [0.4, 0.5) is 14.5 Å². The number of aromatic amines is 1. The Labute approximate surface area is 380 Å². The van der Waals surface area contributed by atoms with Gasteiger partial charge in [0.2, 0.25) is 0 Å². The molecule has 2 saturated carbocycles. The van der Waals surface area contributed by atoms with E-state index < -0.39 is 0 Å². The number of carbonyl (C=O) groups is 1. The van der Waals surface area contributed by atoms with Crippen LogP contribution in [0.1, 0.15) is 84.5 Å². The highest BCUT2D eigenvalue weighted by Gasteiger charge is 2.33. The van der Waals surface area contributed by atoms with Gasteiger partial charge in [0.05, 0.1) is 46.1 Å². The number of hydrogen-bond acceptors (Lipinski definition) is 6. The Balaban J connectivity index is 0.000000136. The monoisotopic (exact) mass is 967 g/mol. The van der Waals surface area contributed by atoms with Gasteiger partial charge in [-0.1, -0.05) is 75.3 Å². The predicted molar refractivity (Wildman–Crippen MR) is 252 cm³/mol. The van der Waals surface area contributed by atoms with Crippen molar-refractivity contribution in [2.45, 2.75) is 57.4 Å². The molecule has 1 unspecified atom stereocenters. The summed E-state index contributed by atoms with van der Waals surface area (Å²) in [5, 5.41) is 1.24. The van der Waals surface area contributed by atoms with E-state index in [9.17, 15) is 23.2 Å². The maximum Gasteiger partial charge on any atom is 0.261 e. The molecule has 8 nitrogen and oxygen atoms in total. The summed E-state index contributed by atoms with van der Waals surface area (Å²) in [6.07, 6.45) is 19.3. The third-order valence-electron chi connectivity index (χ3n) is 11.1. The van der Waals surface area contributed by atoms with Gasteiger partial charge in [0.25, 0.3) is 11.1 Å². The number of ketones is 1. The average Bonchev–Trinajstić information content (AvgIpc) is 4.04. The molecule has 12 heteroatoms. The van der Waals surface area contributed by atoms with Crippen molar-refractivity contribution in [3.63, 3.8) is 0 Å². The lowest BCUT2D eigenvalue weighted by Gasteiger charge is -2.22. The van der Waals surface area contributed by atoms with Crippen molar-refractivity contribution >= 4 is 71.4 Å². The predicted octanol–water partition coefficient (Wildman–Crippen LogP) is 11.7. The number of terminal acetylenes is 1. The van der Waals surface area contributed by atoms with E-state index in [1.807, 2.05) is 48.7 Å². The van der Waals surface area contributed by atoms with E-state index in [0.717, 1.165) is 44.2 Å². The van der Waals surface area contributed by atoms with Gasteiger partial charge in [-0.05, 0) is 135 Å². The quantitative estimate of drug-likeness (QED) is 0.174. The van der Waals surface area contributed by atoms with Gasteiger partial charge >= 0.3 is 0 Å². The van der Waals surface area contributed by atoms with Gasteiger partial charge in [-0.25, -0.2) is 18.7 Å². The molecular weight excluding hydrogens is 928 g/mol. The number of Topliss-reactive ketones (excluding diaryl/α,β-unsaturated/α-hetero) is 1. The number of fused-ring (bicyclic) bond motifs is 3. The lowest BCUT2D eigenvalue weighted by molar-refractivity contribution is 0.0924. The number of carbonyl (C=O) groups excluding carboxylic acids is 1. The van der Waals surface area contributed by atoms with Gasteiger partial charge in [0.1, 0.15) is 11.6 Å². The van der Waals surface area contributed by atoms with Crippen molar-refractivity contribution in [1.82, 2.24) is 19.5 Å². The van der Waals surface area contributed by atoms with Crippen LogP contribution in [0.3, 0.4) is 0 Å². The largest absolute Gasteiger partial charge is 0.313 e. The van der Waals surface area contributed by atoms with Crippen molar-refractivity contribution in [1.29, 1.82) is 0 Å². The smallest absolute Gasteiger partial charge is 0.261 e. The third kappa shape index (κ3) is 11.6. The molecule has 7 aromatic rings. The zero-order chi connectivity index (χ0) is 44.3. The second-order valence-electron chi connectivity index (χ2n) is 15.3. The first-order valence-electron chi connectivity index (χ1n) is 20.6. The van der Waals surface area contributed by atoms with Crippen LogP contribution < -0.4 is 11.1 Å². The summed E-state index contributed by atoms with van der Waals surface area (Å²) in [5.41, 5.74) is 5.09. The lowest BCUT2D eigenvalue weighted by Crippen LogP contribution is -2.26. The van der Waals surface area contributed by atoms with E-state index in [2.05, 4.69) is 69.6 Å². The number of H-pyrrole nitrogens is 1.